The Hall–Kier alpha value is -1.10. The number of ether oxygens (including phenoxy) is 1. The maximum atomic E-state index is 12.6. The molecule has 0 bridgehead atoms. The van der Waals surface area contributed by atoms with E-state index in [0.29, 0.717) is 0 Å². The average Bonchev–Trinajstić information content (AvgIpc) is 2.83. The lowest BCUT2D eigenvalue weighted by molar-refractivity contribution is -0.152. The number of hydrogen-bond donors (Lipinski definition) is 1. The molecule has 0 aromatic heterocycles. The van der Waals surface area contributed by atoms with Crippen LogP contribution in [0.3, 0.4) is 0 Å². The van der Waals surface area contributed by atoms with Crippen LogP contribution in [0.2, 0.25) is 0 Å². The highest BCUT2D eigenvalue weighted by atomic mass is 16.5. The van der Waals surface area contributed by atoms with Crippen molar-refractivity contribution in [1.82, 2.24) is 10.2 Å². The van der Waals surface area contributed by atoms with Gasteiger partial charge in [0, 0.05) is 6.04 Å². The fraction of sp³-hybridized carbons (Fsp3) is 0.857. The van der Waals surface area contributed by atoms with E-state index in [0.717, 1.165) is 38.5 Å². The molecular weight excluding hydrogens is 244 g/mol. The fourth-order valence-electron chi connectivity index (χ4n) is 3.59. The van der Waals surface area contributed by atoms with E-state index in [1.54, 1.807) is 4.90 Å². The van der Waals surface area contributed by atoms with Gasteiger partial charge in [-0.15, -0.1) is 0 Å². The Labute approximate surface area is 113 Å². The van der Waals surface area contributed by atoms with E-state index in [1.165, 1.54) is 0 Å². The number of amides is 2. The minimum absolute atomic E-state index is 0.0242. The molecule has 3 rings (SSSR count). The summed E-state index contributed by atoms with van der Waals surface area (Å²) in [6.45, 7) is 2.20. The van der Waals surface area contributed by atoms with Gasteiger partial charge in [-0.1, -0.05) is 12.8 Å². The van der Waals surface area contributed by atoms with E-state index < -0.39 is 0 Å². The summed E-state index contributed by atoms with van der Waals surface area (Å²) in [7, 11) is 0. The summed E-state index contributed by atoms with van der Waals surface area (Å²) in [5, 5.41) is 3.03. The molecule has 0 radical (unpaired) electrons. The third kappa shape index (κ3) is 2.48. The van der Waals surface area contributed by atoms with Gasteiger partial charge < -0.3 is 15.0 Å². The van der Waals surface area contributed by atoms with Crippen LogP contribution in [-0.4, -0.2) is 47.6 Å². The lowest BCUT2D eigenvalue weighted by Crippen LogP contribution is -2.64. The fourth-order valence-corrected chi connectivity index (χ4v) is 3.59. The lowest BCUT2D eigenvalue weighted by Gasteiger charge is -2.44. The molecule has 0 aromatic carbocycles. The minimum atomic E-state index is -0.330. The molecule has 0 spiro atoms. The number of nitrogens with zero attached hydrogens (tertiary/aromatic N) is 1. The van der Waals surface area contributed by atoms with Gasteiger partial charge >= 0.3 is 0 Å². The van der Waals surface area contributed by atoms with E-state index in [1.807, 2.05) is 6.92 Å². The van der Waals surface area contributed by atoms with Crippen LogP contribution in [0.4, 0.5) is 0 Å². The monoisotopic (exact) mass is 266 g/mol. The Kier molecular flexibility index (Phi) is 3.48. The molecule has 5 heteroatoms. The molecule has 0 aromatic rings. The van der Waals surface area contributed by atoms with Crippen LogP contribution < -0.4 is 5.32 Å². The zero-order valence-electron chi connectivity index (χ0n) is 11.4. The lowest BCUT2D eigenvalue weighted by atomic mass is 9.87. The van der Waals surface area contributed by atoms with Crippen molar-refractivity contribution in [1.29, 1.82) is 0 Å². The summed E-state index contributed by atoms with van der Waals surface area (Å²) >= 11 is 0. The zero-order chi connectivity index (χ0) is 13.4. The number of rotatable bonds is 1. The molecule has 2 aliphatic heterocycles. The van der Waals surface area contributed by atoms with E-state index in [4.69, 9.17) is 4.74 Å². The number of nitrogens with one attached hydrogen (secondary N) is 1. The number of fused-ring (bicyclic) bond motifs is 1. The van der Waals surface area contributed by atoms with Crippen molar-refractivity contribution in [2.45, 2.75) is 69.7 Å². The normalized spacial score (nSPS) is 38.8. The van der Waals surface area contributed by atoms with Crippen LogP contribution in [0.5, 0.6) is 0 Å². The summed E-state index contributed by atoms with van der Waals surface area (Å²) < 4.78 is 5.67. The van der Waals surface area contributed by atoms with E-state index in [-0.39, 0.29) is 42.7 Å². The highest BCUT2D eigenvalue weighted by Crippen LogP contribution is 2.28. The molecule has 2 amide bonds. The van der Waals surface area contributed by atoms with Gasteiger partial charge in [-0.3, -0.25) is 9.59 Å². The molecule has 19 heavy (non-hydrogen) atoms. The summed E-state index contributed by atoms with van der Waals surface area (Å²) in [6, 6.07) is 0.330. The Balaban J connectivity index is 1.73. The van der Waals surface area contributed by atoms with Crippen molar-refractivity contribution in [2.75, 3.05) is 6.54 Å². The maximum absolute atomic E-state index is 12.6. The molecule has 2 saturated heterocycles. The molecule has 3 fully saturated rings. The third-order valence-corrected chi connectivity index (χ3v) is 4.58. The van der Waals surface area contributed by atoms with Crippen molar-refractivity contribution >= 4 is 11.8 Å². The molecule has 1 N–H and O–H groups in total. The second-order valence-electron chi connectivity index (χ2n) is 6.00. The molecule has 106 valence electrons. The predicted molar refractivity (Wildman–Crippen MR) is 69.5 cm³/mol. The van der Waals surface area contributed by atoms with E-state index >= 15 is 0 Å². The van der Waals surface area contributed by atoms with Crippen LogP contribution in [-0.2, 0) is 14.3 Å². The van der Waals surface area contributed by atoms with Crippen molar-refractivity contribution in [3.05, 3.63) is 0 Å². The quantitative estimate of drug-likeness (QED) is 0.764. The van der Waals surface area contributed by atoms with Crippen LogP contribution in [0.25, 0.3) is 0 Å². The predicted octanol–water partition coefficient (Wildman–Crippen LogP) is 0.823. The molecule has 2 heterocycles. The average molecular weight is 266 g/mol. The first-order valence-corrected chi connectivity index (χ1v) is 7.40. The van der Waals surface area contributed by atoms with Crippen molar-refractivity contribution in [2.24, 2.45) is 0 Å². The standard InChI is InChI=1S/C14H22N2O3/c1-9-6-7-12(19-9)14(18)16-8-13(17)15-10-4-2-3-5-11(10)16/h9-12H,2-8H2,1H3,(H,15,17). The van der Waals surface area contributed by atoms with Crippen LogP contribution >= 0.6 is 0 Å². The van der Waals surface area contributed by atoms with E-state index in [9.17, 15) is 9.59 Å². The van der Waals surface area contributed by atoms with Gasteiger partial charge in [0.05, 0.1) is 18.7 Å². The Morgan fingerprint density at radius 1 is 1.26 bits per heavy atom. The SMILES string of the molecule is CC1CCC(C(=O)N2CC(=O)NC3CCCCC32)O1. The molecule has 3 aliphatic rings. The first-order valence-electron chi connectivity index (χ1n) is 7.40. The highest BCUT2D eigenvalue weighted by Gasteiger charge is 2.42. The Bertz CT molecular complexity index is 385. The van der Waals surface area contributed by atoms with Crippen LogP contribution in [0.15, 0.2) is 0 Å². The van der Waals surface area contributed by atoms with Gasteiger partial charge in [-0.05, 0) is 32.6 Å². The summed E-state index contributed by atoms with van der Waals surface area (Å²) in [5.74, 6) is -0.00125. The van der Waals surface area contributed by atoms with Crippen molar-refractivity contribution < 1.29 is 14.3 Å². The largest absolute Gasteiger partial charge is 0.365 e. The van der Waals surface area contributed by atoms with Gasteiger partial charge in [0.2, 0.25) is 5.91 Å². The second-order valence-corrected chi connectivity index (χ2v) is 6.00. The molecule has 1 saturated carbocycles. The zero-order valence-corrected chi connectivity index (χ0v) is 11.4. The van der Waals surface area contributed by atoms with Crippen LogP contribution in [0, 0.1) is 0 Å². The van der Waals surface area contributed by atoms with Crippen molar-refractivity contribution in [3.8, 4) is 0 Å². The smallest absolute Gasteiger partial charge is 0.252 e. The van der Waals surface area contributed by atoms with Gasteiger partial charge in [0.1, 0.15) is 6.10 Å². The molecule has 5 nitrogen and oxygen atoms in total. The van der Waals surface area contributed by atoms with Gasteiger partial charge in [-0.2, -0.15) is 0 Å². The van der Waals surface area contributed by atoms with Gasteiger partial charge in [0.25, 0.3) is 5.91 Å². The molecular formula is C14H22N2O3. The number of carbonyl (C=O) groups excluding carboxylic acids is 2. The Morgan fingerprint density at radius 2 is 2.05 bits per heavy atom. The van der Waals surface area contributed by atoms with Gasteiger partial charge in [0.15, 0.2) is 0 Å². The summed E-state index contributed by atoms with van der Waals surface area (Å²) in [4.78, 5) is 26.1. The number of carbonyl (C=O) groups is 2. The topological polar surface area (TPSA) is 58.6 Å². The highest BCUT2D eigenvalue weighted by molar-refractivity contribution is 5.89. The summed E-state index contributed by atoms with van der Waals surface area (Å²) in [6.07, 6.45) is 5.82. The second kappa shape index (κ2) is 5.12. The Morgan fingerprint density at radius 3 is 2.79 bits per heavy atom. The van der Waals surface area contributed by atoms with Crippen LogP contribution in [0.1, 0.15) is 45.4 Å². The molecule has 1 aliphatic carbocycles. The number of piperazine rings is 1. The molecule has 4 atom stereocenters. The van der Waals surface area contributed by atoms with E-state index in [2.05, 4.69) is 5.32 Å². The minimum Gasteiger partial charge on any atom is -0.365 e. The molecule has 4 unspecified atom stereocenters. The van der Waals surface area contributed by atoms with Gasteiger partial charge in [-0.25, -0.2) is 0 Å². The number of hydrogen-bond acceptors (Lipinski definition) is 3. The first kappa shape index (κ1) is 12.9. The maximum Gasteiger partial charge on any atom is 0.252 e. The first-order chi connectivity index (χ1) is 9.15. The van der Waals surface area contributed by atoms with Crippen molar-refractivity contribution in [3.63, 3.8) is 0 Å². The third-order valence-electron chi connectivity index (χ3n) is 4.58. The summed E-state index contributed by atoms with van der Waals surface area (Å²) in [5.41, 5.74) is 0.